The summed E-state index contributed by atoms with van der Waals surface area (Å²) in [7, 11) is 1.91. The molecule has 3 rings (SSSR count). The molecule has 0 fully saturated rings. The molecule has 3 aromatic carbocycles. The number of rotatable bonds is 5. The van der Waals surface area contributed by atoms with Crippen LogP contribution in [-0.4, -0.2) is 24.4 Å². The van der Waals surface area contributed by atoms with E-state index in [1.54, 1.807) is 6.07 Å². The summed E-state index contributed by atoms with van der Waals surface area (Å²) >= 11 is 12.4. The Morgan fingerprint density at radius 3 is 2.54 bits per heavy atom. The van der Waals surface area contributed by atoms with E-state index in [4.69, 9.17) is 23.2 Å². The van der Waals surface area contributed by atoms with Crippen LogP contribution in [0.25, 0.3) is 10.8 Å². The quantitative estimate of drug-likeness (QED) is 0.625. The third kappa shape index (κ3) is 4.36. The molecule has 1 amide bonds. The van der Waals surface area contributed by atoms with E-state index in [1.165, 1.54) is 10.8 Å². The zero-order valence-corrected chi connectivity index (χ0v) is 16.2. The van der Waals surface area contributed by atoms with Gasteiger partial charge in [-0.15, -0.1) is 0 Å². The third-order valence-corrected chi connectivity index (χ3v) is 5.03. The van der Waals surface area contributed by atoms with Gasteiger partial charge in [-0.05, 0) is 48.0 Å². The van der Waals surface area contributed by atoms with Gasteiger partial charge in [0.25, 0.3) is 0 Å². The topological polar surface area (TPSA) is 32.3 Å². The molecule has 0 aliphatic rings. The summed E-state index contributed by atoms with van der Waals surface area (Å²) in [5.41, 5.74) is 2.50. The minimum atomic E-state index is -0.150. The number of amides is 1. The van der Waals surface area contributed by atoms with Gasteiger partial charge < -0.3 is 5.32 Å². The van der Waals surface area contributed by atoms with Crippen molar-refractivity contribution >= 4 is 45.6 Å². The van der Waals surface area contributed by atoms with Crippen molar-refractivity contribution in [1.82, 2.24) is 4.90 Å². The first-order valence-electron chi connectivity index (χ1n) is 8.34. The SMILES string of the molecule is Cc1ccc(Cl)c(NC(=O)CN(C)Cc2ccc3ccccc3c2)c1Cl. The van der Waals surface area contributed by atoms with Crippen LogP contribution < -0.4 is 5.32 Å². The van der Waals surface area contributed by atoms with Crippen molar-refractivity contribution in [3.8, 4) is 0 Å². The fourth-order valence-electron chi connectivity index (χ4n) is 2.90. The van der Waals surface area contributed by atoms with Crippen LogP contribution in [0.15, 0.2) is 54.6 Å². The summed E-state index contributed by atoms with van der Waals surface area (Å²) in [6, 6.07) is 18.1. The molecule has 0 saturated heterocycles. The van der Waals surface area contributed by atoms with Gasteiger partial charge in [0.15, 0.2) is 0 Å². The molecule has 0 bridgehead atoms. The Morgan fingerprint density at radius 2 is 1.77 bits per heavy atom. The zero-order chi connectivity index (χ0) is 18.7. The van der Waals surface area contributed by atoms with Gasteiger partial charge in [-0.2, -0.15) is 0 Å². The van der Waals surface area contributed by atoms with Crippen LogP contribution in [0.2, 0.25) is 10.0 Å². The van der Waals surface area contributed by atoms with Gasteiger partial charge in [0.1, 0.15) is 0 Å². The molecule has 134 valence electrons. The number of hydrogen-bond donors (Lipinski definition) is 1. The Kier molecular flexibility index (Phi) is 5.82. The predicted octanol–water partition coefficient (Wildman–Crippen LogP) is 5.53. The lowest BCUT2D eigenvalue weighted by atomic mass is 10.1. The molecule has 0 heterocycles. The number of nitrogens with zero attached hydrogens (tertiary/aromatic N) is 1. The number of nitrogens with one attached hydrogen (secondary N) is 1. The fraction of sp³-hybridized carbons (Fsp3) is 0.190. The normalized spacial score (nSPS) is 11.1. The molecule has 3 nitrogen and oxygen atoms in total. The highest BCUT2D eigenvalue weighted by molar-refractivity contribution is 6.40. The van der Waals surface area contributed by atoms with E-state index in [0.29, 0.717) is 22.3 Å². The molecular formula is C21H20Cl2N2O. The van der Waals surface area contributed by atoms with Gasteiger partial charge in [-0.25, -0.2) is 0 Å². The van der Waals surface area contributed by atoms with Crippen molar-refractivity contribution in [1.29, 1.82) is 0 Å². The molecule has 0 aliphatic carbocycles. The maximum absolute atomic E-state index is 12.4. The molecule has 0 aliphatic heterocycles. The number of likely N-dealkylation sites (N-methyl/N-ethyl adjacent to an activating group) is 1. The van der Waals surface area contributed by atoms with E-state index in [-0.39, 0.29) is 12.5 Å². The number of hydrogen-bond acceptors (Lipinski definition) is 2. The molecule has 0 saturated carbocycles. The lowest BCUT2D eigenvalue weighted by molar-refractivity contribution is -0.117. The third-order valence-electron chi connectivity index (χ3n) is 4.23. The second-order valence-corrected chi connectivity index (χ2v) is 7.24. The minimum absolute atomic E-state index is 0.150. The lowest BCUT2D eigenvalue weighted by Gasteiger charge is -2.18. The summed E-state index contributed by atoms with van der Waals surface area (Å²) in [5, 5.41) is 6.14. The number of fused-ring (bicyclic) bond motifs is 1. The Bertz CT molecular complexity index is 956. The number of carbonyl (C=O) groups excluding carboxylic acids is 1. The van der Waals surface area contributed by atoms with E-state index >= 15 is 0 Å². The van der Waals surface area contributed by atoms with Gasteiger partial charge >= 0.3 is 0 Å². The van der Waals surface area contributed by atoms with Crippen molar-refractivity contribution < 1.29 is 4.79 Å². The molecule has 0 radical (unpaired) electrons. The van der Waals surface area contributed by atoms with Crippen molar-refractivity contribution in [2.24, 2.45) is 0 Å². The van der Waals surface area contributed by atoms with Crippen molar-refractivity contribution in [3.05, 3.63) is 75.8 Å². The van der Waals surface area contributed by atoms with Crippen LogP contribution in [-0.2, 0) is 11.3 Å². The second-order valence-electron chi connectivity index (χ2n) is 6.46. The van der Waals surface area contributed by atoms with Crippen LogP contribution >= 0.6 is 23.2 Å². The van der Waals surface area contributed by atoms with Gasteiger partial charge in [0.05, 0.1) is 22.3 Å². The zero-order valence-electron chi connectivity index (χ0n) is 14.7. The van der Waals surface area contributed by atoms with E-state index in [1.807, 2.05) is 37.1 Å². The lowest BCUT2D eigenvalue weighted by Crippen LogP contribution is -2.30. The van der Waals surface area contributed by atoms with Crippen LogP contribution in [0.5, 0.6) is 0 Å². The summed E-state index contributed by atoms with van der Waals surface area (Å²) in [6.45, 7) is 2.79. The minimum Gasteiger partial charge on any atom is -0.322 e. The Balaban J connectivity index is 1.65. The van der Waals surface area contributed by atoms with Crippen LogP contribution in [0.1, 0.15) is 11.1 Å². The molecular weight excluding hydrogens is 367 g/mol. The van der Waals surface area contributed by atoms with Crippen LogP contribution in [0.4, 0.5) is 5.69 Å². The van der Waals surface area contributed by atoms with Gasteiger partial charge in [0.2, 0.25) is 5.91 Å². The average Bonchev–Trinajstić information content (AvgIpc) is 2.62. The molecule has 0 unspecified atom stereocenters. The maximum Gasteiger partial charge on any atom is 0.238 e. The van der Waals surface area contributed by atoms with Crippen molar-refractivity contribution in [2.75, 3.05) is 18.9 Å². The first-order chi connectivity index (χ1) is 12.4. The maximum atomic E-state index is 12.4. The van der Waals surface area contributed by atoms with Crippen LogP contribution in [0, 0.1) is 6.92 Å². The van der Waals surface area contributed by atoms with E-state index in [9.17, 15) is 4.79 Å². The van der Waals surface area contributed by atoms with Crippen molar-refractivity contribution in [2.45, 2.75) is 13.5 Å². The molecule has 1 N–H and O–H groups in total. The smallest absolute Gasteiger partial charge is 0.238 e. The van der Waals surface area contributed by atoms with E-state index in [2.05, 4.69) is 35.6 Å². The van der Waals surface area contributed by atoms with Crippen molar-refractivity contribution in [3.63, 3.8) is 0 Å². The predicted molar refractivity (Wildman–Crippen MR) is 110 cm³/mol. The van der Waals surface area contributed by atoms with Crippen LogP contribution in [0.3, 0.4) is 0 Å². The average molecular weight is 387 g/mol. The molecule has 0 atom stereocenters. The summed E-state index contributed by atoms with van der Waals surface area (Å²) < 4.78 is 0. The fourth-order valence-corrected chi connectivity index (χ4v) is 3.37. The monoisotopic (exact) mass is 386 g/mol. The van der Waals surface area contributed by atoms with E-state index < -0.39 is 0 Å². The highest BCUT2D eigenvalue weighted by Crippen LogP contribution is 2.32. The van der Waals surface area contributed by atoms with Gasteiger partial charge in [-0.1, -0.05) is 65.7 Å². The van der Waals surface area contributed by atoms with E-state index in [0.717, 1.165) is 11.1 Å². The molecule has 26 heavy (non-hydrogen) atoms. The molecule has 0 aromatic heterocycles. The summed E-state index contributed by atoms with van der Waals surface area (Å²) in [5.74, 6) is -0.150. The summed E-state index contributed by atoms with van der Waals surface area (Å²) in [4.78, 5) is 14.3. The number of halogens is 2. The highest BCUT2D eigenvalue weighted by Gasteiger charge is 2.13. The number of anilines is 1. The Labute approximate surface area is 163 Å². The Hall–Kier alpha value is -2.07. The Morgan fingerprint density at radius 1 is 1.04 bits per heavy atom. The second kappa shape index (κ2) is 8.09. The number of carbonyl (C=O) groups is 1. The first-order valence-corrected chi connectivity index (χ1v) is 9.10. The number of benzene rings is 3. The highest BCUT2D eigenvalue weighted by atomic mass is 35.5. The standard InChI is InChI=1S/C21H20Cl2N2O/c1-14-7-10-18(22)21(20(14)23)24-19(26)13-25(2)12-15-8-9-16-5-3-4-6-17(16)11-15/h3-11H,12-13H2,1-2H3,(H,24,26). The molecule has 3 aromatic rings. The number of aryl methyl sites for hydroxylation is 1. The molecule has 0 spiro atoms. The largest absolute Gasteiger partial charge is 0.322 e. The van der Waals surface area contributed by atoms with Gasteiger partial charge in [0, 0.05) is 6.54 Å². The summed E-state index contributed by atoms with van der Waals surface area (Å²) in [6.07, 6.45) is 0. The first kappa shape index (κ1) is 18.7. The van der Waals surface area contributed by atoms with Gasteiger partial charge in [-0.3, -0.25) is 9.69 Å². The molecule has 5 heteroatoms.